The molecule has 0 spiro atoms. The molecule has 10 heavy (non-hydrogen) atoms. The monoisotopic (exact) mass is 140 g/mol. The number of ether oxygens (including phenoxy) is 1. The highest BCUT2D eigenvalue weighted by Crippen LogP contribution is 2.49. The van der Waals surface area contributed by atoms with E-state index in [2.05, 4.69) is 6.92 Å². The Bertz CT molecular complexity index is 188. The quantitative estimate of drug-likeness (QED) is 0.504. The summed E-state index contributed by atoms with van der Waals surface area (Å²) < 4.78 is 5.43. The molecule has 1 saturated carbocycles. The summed E-state index contributed by atoms with van der Waals surface area (Å²) in [4.78, 5) is 10.9. The third kappa shape index (κ3) is 0.601. The fourth-order valence-electron chi connectivity index (χ4n) is 2.20. The second-order valence-corrected chi connectivity index (χ2v) is 3.83. The fourth-order valence-corrected chi connectivity index (χ4v) is 2.20. The Hall–Kier alpha value is -0.370. The van der Waals surface area contributed by atoms with Gasteiger partial charge in [0.15, 0.2) is 5.78 Å². The van der Waals surface area contributed by atoms with Gasteiger partial charge in [0, 0.05) is 11.8 Å². The van der Waals surface area contributed by atoms with Gasteiger partial charge >= 0.3 is 0 Å². The molecule has 0 bridgehead atoms. The van der Waals surface area contributed by atoms with Gasteiger partial charge in [-0.2, -0.15) is 0 Å². The normalized spacial score (nSPS) is 52.4. The lowest BCUT2D eigenvalue weighted by Gasteiger charge is -2.37. The van der Waals surface area contributed by atoms with Crippen molar-refractivity contribution in [1.29, 1.82) is 0 Å². The van der Waals surface area contributed by atoms with Crippen LogP contribution >= 0.6 is 0 Å². The van der Waals surface area contributed by atoms with Crippen LogP contribution in [-0.4, -0.2) is 18.0 Å². The molecule has 1 heterocycles. The van der Waals surface area contributed by atoms with Crippen molar-refractivity contribution in [2.24, 2.45) is 5.41 Å². The van der Waals surface area contributed by atoms with Crippen LogP contribution in [0.5, 0.6) is 0 Å². The van der Waals surface area contributed by atoms with Crippen LogP contribution in [0.2, 0.25) is 0 Å². The predicted octanol–water partition coefficient (Wildman–Crippen LogP) is 1.14. The summed E-state index contributed by atoms with van der Waals surface area (Å²) in [5, 5.41) is 0. The van der Waals surface area contributed by atoms with E-state index in [-0.39, 0.29) is 11.5 Å². The van der Waals surface area contributed by atoms with Crippen LogP contribution in [0, 0.1) is 5.41 Å². The maximum atomic E-state index is 10.9. The van der Waals surface area contributed by atoms with Gasteiger partial charge in [-0.3, -0.25) is 4.79 Å². The van der Waals surface area contributed by atoms with E-state index in [4.69, 9.17) is 4.74 Å². The van der Waals surface area contributed by atoms with Gasteiger partial charge < -0.3 is 4.74 Å². The van der Waals surface area contributed by atoms with Crippen LogP contribution in [-0.2, 0) is 9.53 Å². The molecule has 2 aliphatic rings. The Labute approximate surface area is 60.6 Å². The van der Waals surface area contributed by atoms with E-state index in [1.165, 1.54) is 0 Å². The highest BCUT2D eigenvalue weighted by molar-refractivity contribution is 5.91. The third-order valence-electron chi connectivity index (χ3n) is 2.63. The van der Waals surface area contributed by atoms with Crippen molar-refractivity contribution >= 4 is 5.78 Å². The summed E-state index contributed by atoms with van der Waals surface area (Å²) in [5.74, 6) is 0.298. The lowest BCUT2D eigenvalue weighted by Crippen LogP contribution is -2.48. The van der Waals surface area contributed by atoms with E-state index in [9.17, 15) is 4.79 Å². The van der Waals surface area contributed by atoms with E-state index >= 15 is 0 Å². The molecular weight excluding hydrogens is 128 g/mol. The zero-order valence-corrected chi connectivity index (χ0v) is 6.39. The van der Waals surface area contributed by atoms with Crippen molar-refractivity contribution in [2.75, 3.05) is 0 Å². The first kappa shape index (κ1) is 6.35. The highest BCUT2D eigenvalue weighted by atomic mass is 16.5. The molecule has 0 amide bonds. The van der Waals surface area contributed by atoms with Gasteiger partial charge in [-0.15, -0.1) is 0 Å². The van der Waals surface area contributed by atoms with Crippen molar-refractivity contribution in [2.45, 2.75) is 38.9 Å². The van der Waals surface area contributed by atoms with Crippen LogP contribution in [0.15, 0.2) is 0 Å². The summed E-state index contributed by atoms with van der Waals surface area (Å²) in [7, 11) is 0. The summed E-state index contributed by atoms with van der Waals surface area (Å²) in [5.41, 5.74) is 0.205. The van der Waals surface area contributed by atoms with E-state index in [1.807, 2.05) is 6.92 Å². The van der Waals surface area contributed by atoms with Crippen molar-refractivity contribution in [1.82, 2.24) is 0 Å². The summed E-state index contributed by atoms with van der Waals surface area (Å²) in [6.45, 7) is 4.18. The molecule has 3 atom stereocenters. The van der Waals surface area contributed by atoms with Gasteiger partial charge in [0.2, 0.25) is 0 Å². The van der Waals surface area contributed by atoms with Gasteiger partial charge in [0.1, 0.15) is 6.10 Å². The molecule has 56 valence electrons. The van der Waals surface area contributed by atoms with Gasteiger partial charge in [-0.1, -0.05) is 6.92 Å². The zero-order chi connectivity index (χ0) is 7.35. The minimum atomic E-state index is -0.0532. The van der Waals surface area contributed by atoms with Crippen molar-refractivity contribution in [3.8, 4) is 0 Å². The maximum Gasteiger partial charge on any atom is 0.162 e. The number of Topliss-reactive ketones (excluding diaryl/α,β-unsaturated/α-hetero) is 1. The van der Waals surface area contributed by atoms with Crippen LogP contribution in [0.25, 0.3) is 0 Å². The fraction of sp³-hybridized carbons (Fsp3) is 0.875. The van der Waals surface area contributed by atoms with Gasteiger partial charge in [-0.25, -0.2) is 0 Å². The zero-order valence-electron chi connectivity index (χ0n) is 6.39. The average molecular weight is 140 g/mol. The third-order valence-corrected chi connectivity index (χ3v) is 2.63. The smallest absolute Gasteiger partial charge is 0.162 e. The number of rotatable bonds is 0. The standard InChI is InChI=1S/C8H12O2/c1-5-3-8(2)4-6(9)7(8)10-5/h5,7H,3-4H2,1-2H3/t5-,7+,8-/m0/s1. The molecule has 2 nitrogen and oxygen atoms in total. The minimum absolute atomic E-state index is 0.0532. The van der Waals surface area contributed by atoms with Crippen molar-refractivity contribution in [3.63, 3.8) is 0 Å². The second-order valence-electron chi connectivity index (χ2n) is 3.83. The first-order chi connectivity index (χ1) is 4.62. The average Bonchev–Trinajstić information content (AvgIpc) is 2.03. The van der Waals surface area contributed by atoms with E-state index in [1.54, 1.807) is 0 Å². The van der Waals surface area contributed by atoms with Crippen LogP contribution in [0.3, 0.4) is 0 Å². The Kier molecular flexibility index (Phi) is 1.03. The van der Waals surface area contributed by atoms with E-state index in [0.717, 1.165) is 12.8 Å². The topological polar surface area (TPSA) is 26.3 Å². The Morgan fingerprint density at radius 2 is 2.40 bits per heavy atom. The molecule has 0 N–H and O–H groups in total. The predicted molar refractivity (Wildman–Crippen MR) is 36.7 cm³/mol. The van der Waals surface area contributed by atoms with Gasteiger partial charge in [-0.05, 0) is 13.3 Å². The van der Waals surface area contributed by atoms with E-state index < -0.39 is 0 Å². The summed E-state index contributed by atoms with van der Waals surface area (Å²) in [6, 6.07) is 0. The largest absolute Gasteiger partial charge is 0.367 e. The number of hydrogen-bond acceptors (Lipinski definition) is 2. The lowest BCUT2D eigenvalue weighted by atomic mass is 9.66. The molecular formula is C8H12O2. The summed E-state index contributed by atoms with van der Waals surface area (Å²) >= 11 is 0. The molecule has 1 aliphatic heterocycles. The van der Waals surface area contributed by atoms with E-state index in [0.29, 0.717) is 11.9 Å². The van der Waals surface area contributed by atoms with Crippen LogP contribution in [0.1, 0.15) is 26.7 Å². The highest BCUT2D eigenvalue weighted by Gasteiger charge is 2.56. The number of carbonyl (C=O) groups is 1. The van der Waals surface area contributed by atoms with Crippen molar-refractivity contribution < 1.29 is 9.53 Å². The molecule has 0 aromatic heterocycles. The van der Waals surface area contributed by atoms with Crippen LogP contribution < -0.4 is 0 Å². The van der Waals surface area contributed by atoms with Gasteiger partial charge in [0.25, 0.3) is 0 Å². The molecule has 0 radical (unpaired) electrons. The number of carbonyl (C=O) groups excluding carboxylic acids is 1. The van der Waals surface area contributed by atoms with Crippen molar-refractivity contribution in [3.05, 3.63) is 0 Å². The Morgan fingerprint density at radius 1 is 1.70 bits per heavy atom. The first-order valence-corrected chi connectivity index (χ1v) is 3.80. The minimum Gasteiger partial charge on any atom is -0.367 e. The number of fused-ring (bicyclic) bond motifs is 1. The molecule has 0 unspecified atom stereocenters. The molecule has 1 saturated heterocycles. The molecule has 2 fully saturated rings. The molecule has 2 heteroatoms. The molecule has 0 aromatic carbocycles. The van der Waals surface area contributed by atoms with Gasteiger partial charge in [0.05, 0.1) is 6.10 Å². The molecule has 0 aromatic rings. The first-order valence-electron chi connectivity index (χ1n) is 3.80. The lowest BCUT2D eigenvalue weighted by molar-refractivity contribution is -0.148. The molecule has 2 rings (SSSR count). The number of ketones is 1. The SMILES string of the molecule is C[C@H]1C[C@@]2(C)CC(=O)[C@H]2O1. The summed E-state index contributed by atoms with van der Waals surface area (Å²) in [6.07, 6.45) is 2.04. The molecule has 1 aliphatic carbocycles. The number of hydrogen-bond donors (Lipinski definition) is 0. The Balaban J connectivity index is 2.19. The Morgan fingerprint density at radius 3 is 2.80 bits per heavy atom. The maximum absolute atomic E-state index is 10.9. The van der Waals surface area contributed by atoms with Crippen LogP contribution in [0.4, 0.5) is 0 Å². The second kappa shape index (κ2) is 1.62.